The van der Waals surface area contributed by atoms with Crippen molar-refractivity contribution in [2.45, 2.75) is 38.5 Å². The minimum Gasteiger partial charge on any atom is -0.318 e. The molecule has 0 spiro atoms. The van der Waals surface area contributed by atoms with E-state index in [-0.39, 0.29) is 5.91 Å². The van der Waals surface area contributed by atoms with Crippen LogP contribution in [0.1, 0.15) is 37.7 Å². The predicted molar refractivity (Wildman–Crippen MR) is 84.8 cm³/mol. The van der Waals surface area contributed by atoms with Gasteiger partial charge in [0.1, 0.15) is 0 Å². The third kappa shape index (κ3) is 2.85. The fourth-order valence-electron chi connectivity index (χ4n) is 3.26. The van der Waals surface area contributed by atoms with E-state index in [1.165, 1.54) is 31.2 Å². The number of amides is 1. The first-order valence-corrected chi connectivity index (χ1v) is 7.84. The maximum atomic E-state index is 12.1. The average Bonchev–Trinajstić information content (AvgIpc) is 3.07. The molecule has 0 atom stereocenters. The van der Waals surface area contributed by atoms with Gasteiger partial charge in [0, 0.05) is 18.7 Å². The number of thiocarbonyl (C=S) groups is 1. The van der Waals surface area contributed by atoms with Gasteiger partial charge in [-0.25, -0.2) is 0 Å². The van der Waals surface area contributed by atoms with E-state index in [1.807, 2.05) is 17.0 Å². The predicted octanol–water partition coefficient (Wildman–Crippen LogP) is 3.03. The Kier molecular flexibility index (Phi) is 4.01. The number of anilines is 1. The van der Waals surface area contributed by atoms with Crippen molar-refractivity contribution >= 4 is 28.9 Å². The van der Waals surface area contributed by atoms with Crippen molar-refractivity contribution in [1.29, 1.82) is 0 Å². The average molecular weight is 288 g/mol. The van der Waals surface area contributed by atoms with E-state index in [2.05, 4.69) is 17.4 Å². The van der Waals surface area contributed by atoms with E-state index < -0.39 is 0 Å². The first kappa shape index (κ1) is 13.6. The molecule has 3 rings (SSSR count). The van der Waals surface area contributed by atoms with Crippen LogP contribution in [-0.4, -0.2) is 17.6 Å². The van der Waals surface area contributed by atoms with Crippen LogP contribution in [0.3, 0.4) is 0 Å². The lowest BCUT2D eigenvalue weighted by Crippen LogP contribution is -2.42. The molecule has 1 aromatic rings. The highest BCUT2D eigenvalue weighted by atomic mass is 32.1. The number of rotatable bonds is 2. The minimum atomic E-state index is 0.0753. The Morgan fingerprint density at radius 3 is 2.85 bits per heavy atom. The summed E-state index contributed by atoms with van der Waals surface area (Å²) in [7, 11) is 0. The van der Waals surface area contributed by atoms with Crippen molar-refractivity contribution in [3.05, 3.63) is 29.8 Å². The normalized spacial score (nSPS) is 18.1. The van der Waals surface area contributed by atoms with Crippen molar-refractivity contribution in [1.82, 2.24) is 5.32 Å². The zero-order valence-corrected chi connectivity index (χ0v) is 12.4. The van der Waals surface area contributed by atoms with Crippen LogP contribution in [0.25, 0.3) is 0 Å². The first-order chi connectivity index (χ1) is 9.74. The number of hydrogen-bond acceptors (Lipinski definition) is 2. The standard InChI is InChI=1S/C16H20N2OS/c19-15(11-12-5-1-2-6-12)17-16(20)18-10-9-13-7-3-4-8-14(13)18/h3-4,7-8,12H,1-2,5-6,9-11H2,(H,17,19,20). The number of carbonyl (C=O) groups is 1. The van der Waals surface area contributed by atoms with Gasteiger partial charge in [0.15, 0.2) is 5.11 Å². The van der Waals surface area contributed by atoms with Gasteiger partial charge in [-0.1, -0.05) is 31.0 Å². The van der Waals surface area contributed by atoms with Crippen LogP contribution >= 0.6 is 12.2 Å². The third-order valence-corrected chi connectivity index (χ3v) is 4.65. The number of carbonyl (C=O) groups excluding carboxylic acids is 1. The molecule has 0 unspecified atom stereocenters. The smallest absolute Gasteiger partial charge is 0.226 e. The molecular weight excluding hydrogens is 268 g/mol. The van der Waals surface area contributed by atoms with Crippen molar-refractivity contribution in [3.8, 4) is 0 Å². The molecule has 4 heteroatoms. The van der Waals surface area contributed by atoms with Gasteiger partial charge >= 0.3 is 0 Å². The van der Waals surface area contributed by atoms with Gasteiger partial charge in [-0.3, -0.25) is 4.79 Å². The van der Waals surface area contributed by atoms with Gasteiger partial charge in [0.25, 0.3) is 0 Å². The summed E-state index contributed by atoms with van der Waals surface area (Å²) < 4.78 is 0. The Morgan fingerprint density at radius 1 is 1.30 bits per heavy atom. The van der Waals surface area contributed by atoms with Gasteiger partial charge in [0.2, 0.25) is 5.91 Å². The second-order valence-corrected chi connectivity index (χ2v) is 6.12. The van der Waals surface area contributed by atoms with Crippen LogP contribution in [-0.2, 0) is 11.2 Å². The van der Waals surface area contributed by atoms with E-state index in [0.717, 1.165) is 18.7 Å². The maximum Gasteiger partial charge on any atom is 0.226 e. The molecule has 2 aliphatic rings. The number of fused-ring (bicyclic) bond motifs is 1. The molecule has 1 aliphatic heterocycles. The molecule has 0 bridgehead atoms. The summed E-state index contributed by atoms with van der Waals surface area (Å²) >= 11 is 5.40. The summed E-state index contributed by atoms with van der Waals surface area (Å²) in [4.78, 5) is 14.1. The molecular formula is C16H20N2OS. The lowest BCUT2D eigenvalue weighted by atomic mass is 10.0. The van der Waals surface area contributed by atoms with Gasteiger partial charge in [-0.2, -0.15) is 0 Å². The highest BCUT2D eigenvalue weighted by molar-refractivity contribution is 7.80. The number of benzene rings is 1. The van der Waals surface area contributed by atoms with E-state index >= 15 is 0 Å². The topological polar surface area (TPSA) is 32.3 Å². The first-order valence-electron chi connectivity index (χ1n) is 7.43. The van der Waals surface area contributed by atoms with E-state index in [4.69, 9.17) is 12.2 Å². The Morgan fingerprint density at radius 2 is 2.05 bits per heavy atom. The molecule has 20 heavy (non-hydrogen) atoms. The van der Waals surface area contributed by atoms with Crippen LogP contribution in [0.2, 0.25) is 0 Å². The van der Waals surface area contributed by atoms with Crippen molar-refractivity contribution in [2.75, 3.05) is 11.4 Å². The molecule has 3 nitrogen and oxygen atoms in total. The molecule has 1 heterocycles. The van der Waals surface area contributed by atoms with Crippen LogP contribution in [0, 0.1) is 5.92 Å². The highest BCUT2D eigenvalue weighted by Gasteiger charge is 2.24. The summed E-state index contributed by atoms with van der Waals surface area (Å²) in [6.45, 7) is 0.863. The molecule has 1 aliphatic carbocycles. The van der Waals surface area contributed by atoms with Gasteiger partial charge in [-0.15, -0.1) is 0 Å². The van der Waals surface area contributed by atoms with Crippen LogP contribution in [0.5, 0.6) is 0 Å². The summed E-state index contributed by atoms with van der Waals surface area (Å²) in [6, 6.07) is 8.25. The highest BCUT2D eigenvalue weighted by Crippen LogP contribution is 2.28. The summed E-state index contributed by atoms with van der Waals surface area (Å²) in [6.07, 6.45) is 6.52. The maximum absolute atomic E-state index is 12.1. The Bertz CT molecular complexity index is 523. The lowest BCUT2D eigenvalue weighted by Gasteiger charge is -2.21. The molecule has 1 aromatic carbocycles. The fraction of sp³-hybridized carbons (Fsp3) is 0.500. The van der Waals surface area contributed by atoms with Gasteiger partial charge in [0.05, 0.1) is 0 Å². The van der Waals surface area contributed by atoms with Gasteiger partial charge < -0.3 is 10.2 Å². The van der Waals surface area contributed by atoms with Crippen LogP contribution < -0.4 is 10.2 Å². The summed E-state index contributed by atoms with van der Waals surface area (Å²) in [5.74, 6) is 0.634. The molecule has 106 valence electrons. The third-order valence-electron chi connectivity index (χ3n) is 4.33. The molecule has 1 saturated carbocycles. The lowest BCUT2D eigenvalue weighted by molar-refractivity contribution is -0.120. The molecule has 0 radical (unpaired) electrons. The Balaban J connectivity index is 1.58. The molecule has 1 fully saturated rings. The minimum absolute atomic E-state index is 0.0753. The van der Waals surface area contributed by atoms with E-state index in [1.54, 1.807) is 0 Å². The monoisotopic (exact) mass is 288 g/mol. The summed E-state index contributed by atoms with van der Waals surface area (Å²) in [5.41, 5.74) is 2.44. The van der Waals surface area contributed by atoms with E-state index in [9.17, 15) is 4.79 Å². The quantitative estimate of drug-likeness (QED) is 0.849. The second-order valence-electron chi connectivity index (χ2n) is 5.74. The Labute approximate surface area is 125 Å². The molecule has 1 amide bonds. The molecule has 0 aromatic heterocycles. The SMILES string of the molecule is O=C(CC1CCCC1)NC(=S)N1CCc2ccccc21. The largest absolute Gasteiger partial charge is 0.318 e. The van der Waals surface area contributed by atoms with Crippen molar-refractivity contribution in [2.24, 2.45) is 5.92 Å². The van der Waals surface area contributed by atoms with Crippen LogP contribution in [0.4, 0.5) is 5.69 Å². The van der Waals surface area contributed by atoms with Gasteiger partial charge in [-0.05, 0) is 49.0 Å². The second kappa shape index (κ2) is 5.92. The van der Waals surface area contributed by atoms with Crippen LogP contribution in [0.15, 0.2) is 24.3 Å². The Hall–Kier alpha value is -1.42. The fourth-order valence-corrected chi connectivity index (χ4v) is 3.57. The number of hydrogen-bond donors (Lipinski definition) is 1. The molecule has 1 N–H and O–H groups in total. The number of nitrogens with one attached hydrogen (secondary N) is 1. The van der Waals surface area contributed by atoms with Crippen molar-refractivity contribution in [3.63, 3.8) is 0 Å². The van der Waals surface area contributed by atoms with Crippen molar-refractivity contribution < 1.29 is 4.79 Å². The zero-order chi connectivity index (χ0) is 13.9. The molecule has 0 saturated heterocycles. The van der Waals surface area contributed by atoms with E-state index in [0.29, 0.717) is 17.5 Å². The summed E-state index contributed by atoms with van der Waals surface area (Å²) in [5, 5.41) is 3.46. The zero-order valence-electron chi connectivity index (χ0n) is 11.6. The number of para-hydroxylation sites is 1. The number of nitrogens with zero attached hydrogens (tertiary/aromatic N) is 1.